The minimum absolute atomic E-state index is 0.0126. The summed E-state index contributed by atoms with van der Waals surface area (Å²) in [7, 11) is 0. The quantitative estimate of drug-likeness (QED) is 0.784. The van der Waals surface area contributed by atoms with E-state index < -0.39 is 0 Å². The number of benzene rings is 1. The van der Waals surface area contributed by atoms with E-state index in [0.29, 0.717) is 6.42 Å². The summed E-state index contributed by atoms with van der Waals surface area (Å²) in [5, 5.41) is 15.9. The maximum Gasteiger partial charge on any atom is 0.224 e. The van der Waals surface area contributed by atoms with Gasteiger partial charge in [-0.15, -0.1) is 16.4 Å². The molecule has 2 aromatic heterocycles. The zero-order valence-electron chi connectivity index (χ0n) is 11.1. The minimum atomic E-state index is 0.0126. The number of hydrogen-bond acceptors (Lipinski definition) is 5. The Morgan fingerprint density at radius 3 is 2.76 bits per heavy atom. The smallest absolute Gasteiger partial charge is 0.224 e. The number of nitrogens with one attached hydrogen (secondary N) is 1. The summed E-state index contributed by atoms with van der Waals surface area (Å²) in [4.78, 5) is 13.1. The van der Waals surface area contributed by atoms with Crippen molar-refractivity contribution in [3.63, 3.8) is 0 Å². The fourth-order valence-corrected chi connectivity index (χ4v) is 2.60. The van der Waals surface area contributed by atoms with Crippen LogP contribution in [0.5, 0.6) is 0 Å². The highest BCUT2D eigenvalue weighted by atomic mass is 32.1. The third-order valence-corrected chi connectivity index (χ3v) is 3.88. The van der Waals surface area contributed by atoms with Gasteiger partial charge < -0.3 is 5.32 Å². The molecule has 0 atom stereocenters. The molecule has 0 aliphatic carbocycles. The highest BCUT2D eigenvalue weighted by Crippen LogP contribution is 2.14. The highest BCUT2D eigenvalue weighted by molar-refractivity contribution is 7.09. The predicted octanol–water partition coefficient (Wildman–Crippen LogP) is 2.30. The molecule has 3 rings (SSSR count). The standard InChI is InChI=1S/C14H13N5OS/c20-14(8-7-13-2-1-9-21-13)16-11-3-5-12(6-4-11)19-10-15-17-18-19/h1-6,9-10H,7-8H2,(H,16,20). The number of tetrazole rings is 1. The molecule has 0 unspecified atom stereocenters. The van der Waals surface area contributed by atoms with E-state index in [1.54, 1.807) is 16.0 Å². The van der Waals surface area contributed by atoms with Crippen LogP contribution in [0.1, 0.15) is 11.3 Å². The van der Waals surface area contributed by atoms with Crippen LogP contribution in [0.15, 0.2) is 48.1 Å². The third kappa shape index (κ3) is 3.51. The first-order valence-electron chi connectivity index (χ1n) is 6.47. The lowest BCUT2D eigenvalue weighted by Crippen LogP contribution is -2.12. The van der Waals surface area contributed by atoms with Crippen LogP contribution in [-0.4, -0.2) is 26.1 Å². The fraction of sp³-hybridized carbons (Fsp3) is 0.143. The molecule has 0 fully saturated rings. The number of hydrogen-bond donors (Lipinski definition) is 1. The SMILES string of the molecule is O=C(CCc1cccs1)Nc1ccc(-n2cnnn2)cc1. The molecule has 0 bridgehead atoms. The Bertz CT molecular complexity index is 692. The zero-order valence-corrected chi connectivity index (χ0v) is 12.0. The molecule has 6 nitrogen and oxygen atoms in total. The molecule has 0 aliphatic heterocycles. The van der Waals surface area contributed by atoms with Crippen molar-refractivity contribution in [2.75, 3.05) is 5.32 Å². The summed E-state index contributed by atoms with van der Waals surface area (Å²) in [6.07, 6.45) is 2.77. The number of aryl methyl sites for hydroxylation is 1. The Labute approximate surface area is 125 Å². The van der Waals surface area contributed by atoms with Gasteiger partial charge in [-0.25, -0.2) is 4.68 Å². The first-order chi connectivity index (χ1) is 10.3. The molecule has 0 aliphatic rings. The predicted molar refractivity (Wildman–Crippen MR) is 80.4 cm³/mol. The summed E-state index contributed by atoms with van der Waals surface area (Å²) in [5.74, 6) is 0.0126. The first-order valence-corrected chi connectivity index (χ1v) is 7.35. The van der Waals surface area contributed by atoms with E-state index in [0.717, 1.165) is 17.8 Å². The van der Waals surface area contributed by atoms with Gasteiger partial charge in [-0.3, -0.25) is 4.79 Å². The highest BCUT2D eigenvalue weighted by Gasteiger charge is 2.04. The Balaban J connectivity index is 1.56. The molecule has 0 saturated carbocycles. The van der Waals surface area contributed by atoms with E-state index in [2.05, 4.69) is 20.8 Å². The van der Waals surface area contributed by atoms with E-state index in [9.17, 15) is 4.79 Å². The molecule has 1 N–H and O–H groups in total. The Morgan fingerprint density at radius 1 is 1.24 bits per heavy atom. The van der Waals surface area contributed by atoms with Crippen molar-refractivity contribution < 1.29 is 4.79 Å². The van der Waals surface area contributed by atoms with Gasteiger partial charge in [-0.05, 0) is 52.6 Å². The molecule has 7 heteroatoms. The summed E-state index contributed by atoms with van der Waals surface area (Å²) < 4.78 is 1.56. The van der Waals surface area contributed by atoms with Gasteiger partial charge in [0.1, 0.15) is 6.33 Å². The van der Waals surface area contributed by atoms with E-state index >= 15 is 0 Å². The van der Waals surface area contributed by atoms with Gasteiger partial charge in [0.2, 0.25) is 5.91 Å². The summed E-state index contributed by atoms with van der Waals surface area (Å²) in [5.41, 5.74) is 1.61. The topological polar surface area (TPSA) is 72.7 Å². The van der Waals surface area contributed by atoms with Gasteiger partial charge in [0, 0.05) is 17.0 Å². The van der Waals surface area contributed by atoms with Crippen LogP contribution in [0.2, 0.25) is 0 Å². The molecule has 0 radical (unpaired) electrons. The molecular formula is C14H13N5OS. The maximum atomic E-state index is 11.9. The van der Waals surface area contributed by atoms with Gasteiger partial charge in [-0.2, -0.15) is 0 Å². The number of thiophene rings is 1. The van der Waals surface area contributed by atoms with E-state index in [-0.39, 0.29) is 5.91 Å². The number of carbonyl (C=O) groups is 1. The normalized spacial score (nSPS) is 10.5. The number of carbonyl (C=O) groups excluding carboxylic acids is 1. The minimum Gasteiger partial charge on any atom is -0.326 e. The van der Waals surface area contributed by atoms with Crippen molar-refractivity contribution in [2.24, 2.45) is 0 Å². The van der Waals surface area contributed by atoms with Crippen LogP contribution in [0, 0.1) is 0 Å². The second kappa shape index (κ2) is 6.27. The molecule has 3 aromatic rings. The molecule has 106 valence electrons. The average molecular weight is 299 g/mol. The van der Waals surface area contributed by atoms with Crippen molar-refractivity contribution in [2.45, 2.75) is 12.8 Å². The van der Waals surface area contributed by atoms with Crippen LogP contribution in [-0.2, 0) is 11.2 Å². The Morgan fingerprint density at radius 2 is 2.10 bits per heavy atom. The molecular weight excluding hydrogens is 286 g/mol. The fourth-order valence-electron chi connectivity index (χ4n) is 1.89. The van der Waals surface area contributed by atoms with Crippen LogP contribution in [0.4, 0.5) is 5.69 Å². The van der Waals surface area contributed by atoms with E-state index in [1.165, 1.54) is 11.2 Å². The number of anilines is 1. The van der Waals surface area contributed by atoms with Gasteiger partial charge in [0.25, 0.3) is 0 Å². The largest absolute Gasteiger partial charge is 0.326 e. The van der Waals surface area contributed by atoms with E-state index in [4.69, 9.17) is 0 Å². The van der Waals surface area contributed by atoms with Crippen molar-refractivity contribution in [3.8, 4) is 5.69 Å². The van der Waals surface area contributed by atoms with Crippen LogP contribution >= 0.6 is 11.3 Å². The monoisotopic (exact) mass is 299 g/mol. The molecule has 2 heterocycles. The van der Waals surface area contributed by atoms with Crippen LogP contribution < -0.4 is 5.32 Å². The van der Waals surface area contributed by atoms with Crippen molar-refractivity contribution in [1.82, 2.24) is 20.2 Å². The number of amides is 1. The third-order valence-electron chi connectivity index (χ3n) is 2.94. The zero-order chi connectivity index (χ0) is 14.5. The van der Waals surface area contributed by atoms with Gasteiger partial charge in [0.15, 0.2) is 0 Å². The Hall–Kier alpha value is -2.54. The molecule has 0 saturated heterocycles. The number of rotatable bonds is 5. The van der Waals surface area contributed by atoms with Gasteiger partial charge in [0.05, 0.1) is 5.69 Å². The maximum absolute atomic E-state index is 11.9. The summed E-state index contributed by atoms with van der Waals surface area (Å²) in [6.45, 7) is 0. The van der Waals surface area contributed by atoms with Gasteiger partial charge >= 0.3 is 0 Å². The lowest BCUT2D eigenvalue weighted by Gasteiger charge is -2.06. The lowest BCUT2D eigenvalue weighted by atomic mass is 10.2. The first kappa shape index (κ1) is 13.4. The second-order valence-electron chi connectivity index (χ2n) is 4.43. The second-order valence-corrected chi connectivity index (χ2v) is 5.46. The molecule has 1 aromatic carbocycles. The summed E-state index contributed by atoms with van der Waals surface area (Å²) >= 11 is 1.67. The molecule has 1 amide bonds. The number of nitrogens with zero attached hydrogens (tertiary/aromatic N) is 4. The average Bonchev–Trinajstić information content (AvgIpc) is 3.19. The van der Waals surface area contributed by atoms with Crippen molar-refractivity contribution in [3.05, 3.63) is 53.0 Å². The van der Waals surface area contributed by atoms with Crippen molar-refractivity contribution >= 4 is 22.9 Å². The number of aromatic nitrogens is 4. The van der Waals surface area contributed by atoms with Crippen LogP contribution in [0.3, 0.4) is 0 Å². The summed E-state index contributed by atoms with van der Waals surface area (Å²) in [6, 6.07) is 11.4. The Kier molecular flexibility index (Phi) is 4.02. The van der Waals surface area contributed by atoms with Crippen LogP contribution in [0.25, 0.3) is 5.69 Å². The molecule has 21 heavy (non-hydrogen) atoms. The van der Waals surface area contributed by atoms with Crippen molar-refractivity contribution in [1.29, 1.82) is 0 Å². The van der Waals surface area contributed by atoms with E-state index in [1.807, 2.05) is 41.8 Å². The lowest BCUT2D eigenvalue weighted by molar-refractivity contribution is -0.116. The van der Waals surface area contributed by atoms with Gasteiger partial charge in [-0.1, -0.05) is 6.07 Å². The molecule has 0 spiro atoms.